The summed E-state index contributed by atoms with van der Waals surface area (Å²) in [7, 11) is 1.64. The molecule has 116 valence electrons. The van der Waals surface area contributed by atoms with Gasteiger partial charge in [-0.15, -0.1) is 0 Å². The van der Waals surface area contributed by atoms with Gasteiger partial charge in [0.25, 0.3) is 5.91 Å². The molecule has 0 aliphatic heterocycles. The fraction of sp³-hybridized carbons (Fsp3) is 0.235. The Balaban J connectivity index is 1.69. The number of rotatable bonds is 7. The lowest BCUT2D eigenvalue weighted by Gasteiger charge is -2.08. The molecule has 0 aromatic heterocycles. The van der Waals surface area contributed by atoms with Crippen molar-refractivity contribution in [3.05, 3.63) is 57.7 Å². The van der Waals surface area contributed by atoms with Gasteiger partial charge in [-0.1, -0.05) is 18.2 Å². The third-order valence-corrected chi connectivity index (χ3v) is 3.73. The summed E-state index contributed by atoms with van der Waals surface area (Å²) in [6.07, 6.45) is 0.777. The minimum Gasteiger partial charge on any atom is -0.497 e. The molecule has 2 rings (SSSR count). The summed E-state index contributed by atoms with van der Waals surface area (Å²) in [5, 5.41) is 2.85. The molecule has 0 aliphatic carbocycles. The molecule has 0 unspecified atom stereocenters. The number of halogens is 1. The van der Waals surface area contributed by atoms with Crippen molar-refractivity contribution in [2.75, 3.05) is 20.3 Å². The van der Waals surface area contributed by atoms with E-state index < -0.39 is 0 Å². The average Bonchev–Trinajstić information content (AvgIpc) is 2.54. The Labute approximate surface area is 144 Å². The van der Waals surface area contributed by atoms with Gasteiger partial charge in [-0.3, -0.25) is 4.79 Å². The van der Waals surface area contributed by atoms with Crippen LogP contribution >= 0.6 is 22.6 Å². The predicted molar refractivity (Wildman–Crippen MR) is 94.4 cm³/mol. The lowest BCUT2D eigenvalue weighted by molar-refractivity contribution is -0.123. The Bertz CT molecular complexity index is 614. The van der Waals surface area contributed by atoms with Gasteiger partial charge in [-0.2, -0.15) is 0 Å². The Morgan fingerprint density at radius 2 is 1.91 bits per heavy atom. The molecule has 0 atom stereocenters. The molecule has 2 aromatic carbocycles. The molecule has 5 heteroatoms. The van der Waals surface area contributed by atoms with Crippen molar-refractivity contribution in [2.24, 2.45) is 0 Å². The van der Waals surface area contributed by atoms with E-state index in [1.165, 1.54) is 0 Å². The topological polar surface area (TPSA) is 47.6 Å². The molecule has 0 aliphatic rings. The van der Waals surface area contributed by atoms with E-state index in [1.807, 2.05) is 48.5 Å². The molecular weight excluding hydrogens is 393 g/mol. The minimum absolute atomic E-state index is 0.0305. The van der Waals surface area contributed by atoms with Crippen LogP contribution in [0.5, 0.6) is 11.5 Å². The van der Waals surface area contributed by atoms with Crippen molar-refractivity contribution in [3.63, 3.8) is 0 Å². The number of ether oxygens (including phenoxy) is 2. The van der Waals surface area contributed by atoms with Gasteiger partial charge < -0.3 is 14.8 Å². The zero-order chi connectivity index (χ0) is 15.8. The van der Waals surface area contributed by atoms with E-state index in [1.54, 1.807) is 7.11 Å². The quantitative estimate of drug-likeness (QED) is 0.713. The normalized spacial score (nSPS) is 10.1. The Kier molecular flexibility index (Phi) is 6.51. The SMILES string of the molecule is COc1ccc(CCNC(=O)COc2cccc(I)c2)cc1. The first-order chi connectivity index (χ1) is 10.7. The van der Waals surface area contributed by atoms with E-state index in [-0.39, 0.29) is 12.5 Å². The number of nitrogens with one attached hydrogen (secondary N) is 1. The molecule has 0 fully saturated rings. The van der Waals surface area contributed by atoms with Gasteiger partial charge in [0.15, 0.2) is 6.61 Å². The summed E-state index contributed by atoms with van der Waals surface area (Å²) in [4.78, 5) is 11.7. The van der Waals surface area contributed by atoms with Gasteiger partial charge in [0, 0.05) is 10.1 Å². The summed E-state index contributed by atoms with van der Waals surface area (Å²) in [6, 6.07) is 15.4. The molecule has 0 saturated carbocycles. The summed E-state index contributed by atoms with van der Waals surface area (Å²) >= 11 is 2.21. The largest absolute Gasteiger partial charge is 0.497 e. The van der Waals surface area contributed by atoms with Crippen LogP contribution in [0.1, 0.15) is 5.56 Å². The van der Waals surface area contributed by atoms with Gasteiger partial charge in [-0.05, 0) is 64.9 Å². The molecule has 22 heavy (non-hydrogen) atoms. The molecule has 0 saturated heterocycles. The van der Waals surface area contributed by atoms with Gasteiger partial charge in [-0.25, -0.2) is 0 Å². The zero-order valence-electron chi connectivity index (χ0n) is 12.3. The fourth-order valence-electron chi connectivity index (χ4n) is 1.90. The van der Waals surface area contributed by atoms with Gasteiger partial charge >= 0.3 is 0 Å². The van der Waals surface area contributed by atoms with Crippen LogP contribution in [0.3, 0.4) is 0 Å². The van der Waals surface area contributed by atoms with Crippen LogP contribution in [-0.4, -0.2) is 26.2 Å². The Hall–Kier alpha value is -1.76. The second kappa shape index (κ2) is 8.63. The molecule has 1 amide bonds. The lowest BCUT2D eigenvalue weighted by atomic mass is 10.1. The number of methoxy groups -OCH3 is 1. The van der Waals surface area contributed by atoms with Crippen molar-refractivity contribution >= 4 is 28.5 Å². The highest BCUT2D eigenvalue weighted by Gasteiger charge is 2.03. The summed E-state index contributed by atoms with van der Waals surface area (Å²) in [5.74, 6) is 1.42. The fourth-order valence-corrected chi connectivity index (χ4v) is 2.41. The third kappa shape index (κ3) is 5.55. The summed E-state index contributed by atoms with van der Waals surface area (Å²) in [5.41, 5.74) is 1.15. The van der Waals surface area contributed by atoms with Crippen molar-refractivity contribution in [3.8, 4) is 11.5 Å². The van der Waals surface area contributed by atoms with E-state index in [0.717, 1.165) is 21.3 Å². The standard InChI is InChI=1S/C17H18INO3/c1-21-15-7-5-13(6-8-15)9-10-19-17(20)12-22-16-4-2-3-14(18)11-16/h2-8,11H,9-10,12H2,1H3,(H,19,20). The summed E-state index contributed by atoms with van der Waals surface area (Å²) in [6.45, 7) is 0.615. The highest BCUT2D eigenvalue weighted by atomic mass is 127. The van der Waals surface area contributed by atoms with Gasteiger partial charge in [0.2, 0.25) is 0 Å². The first-order valence-electron chi connectivity index (χ1n) is 6.95. The van der Waals surface area contributed by atoms with Crippen molar-refractivity contribution in [2.45, 2.75) is 6.42 Å². The highest BCUT2D eigenvalue weighted by molar-refractivity contribution is 14.1. The van der Waals surface area contributed by atoms with Gasteiger partial charge in [0.1, 0.15) is 11.5 Å². The van der Waals surface area contributed by atoms with Crippen molar-refractivity contribution in [1.82, 2.24) is 5.32 Å². The maximum Gasteiger partial charge on any atom is 0.257 e. The first kappa shape index (κ1) is 16.6. The molecular formula is C17H18INO3. The molecule has 0 bridgehead atoms. The van der Waals surface area contributed by atoms with Gasteiger partial charge in [0.05, 0.1) is 7.11 Å². The molecule has 2 aromatic rings. The minimum atomic E-state index is -0.118. The van der Waals surface area contributed by atoms with Crippen LogP contribution in [0.15, 0.2) is 48.5 Å². The third-order valence-electron chi connectivity index (χ3n) is 3.06. The van der Waals surface area contributed by atoms with E-state index in [4.69, 9.17) is 9.47 Å². The number of carbonyl (C=O) groups excluding carboxylic acids is 1. The van der Waals surface area contributed by atoms with Crippen LogP contribution in [0.4, 0.5) is 0 Å². The average molecular weight is 411 g/mol. The molecule has 0 radical (unpaired) electrons. The second-order valence-corrected chi connectivity index (χ2v) is 5.94. The van der Waals surface area contributed by atoms with Crippen molar-refractivity contribution < 1.29 is 14.3 Å². The van der Waals surface area contributed by atoms with E-state index in [0.29, 0.717) is 12.3 Å². The monoisotopic (exact) mass is 411 g/mol. The molecule has 0 spiro atoms. The second-order valence-electron chi connectivity index (χ2n) is 4.69. The number of benzene rings is 2. The Morgan fingerprint density at radius 1 is 1.14 bits per heavy atom. The lowest BCUT2D eigenvalue weighted by Crippen LogP contribution is -2.30. The number of hydrogen-bond donors (Lipinski definition) is 1. The summed E-state index contributed by atoms with van der Waals surface area (Å²) < 4.78 is 11.6. The van der Waals surface area contributed by atoms with Crippen LogP contribution in [0.25, 0.3) is 0 Å². The highest BCUT2D eigenvalue weighted by Crippen LogP contribution is 2.14. The van der Waals surface area contributed by atoms with Crippen LogP contribution < -0.4 is 14.8 Å². The maximum absolute atomic E-state index is 11.7. The van der Waals surface area contributed by atoms with E-state index in [9.17, 15) is 4.79 Å². The smallest absolute Gasteiger partial charge is 0.257 e. The number of amides is 1. The number of carbonyl (C=O) groups is 1. The molecule has 0 heterocycles. The zero-order valence-corrected chi connectivity index (χ0v) is 14.5. The number of hydrogen-bond acceptors (Lipinski definition) is 3. The molecule has 4 nitrogen and oxygen atoms in total. The van der Waals surface area contributed by atoms with E-state index in [2.05, 4.69) is 27.9 Å². The maximum atomic E-state index is 11.7. The van der Waals surface area contributed by atoms with E-state index >= 15 is 0 Å². The van der Waals surface area contributed by atoms with Crippen molar-refractivity contribution in [1.29, 1.82) is 0 Å². The molecule has 1 N–H and O–H groups in total. The van der Waals surface area contributed by atoms with Crippen LogP contribution in [-0.2, 0) is 11.2 Å². The van der Waals surface area contributed by atoms with Crippen LogP contribution in [0.2, 0.25) is 0 Å². The van der Waals surface area contributed by atoms with Crippen LogP contribution in [0, 0.1) is 3.57 Å². The Morgan fingerprint density at radius 3 is 2.59 bits per heavy atom. The first-order valence-corrected chi connectivity index (χ1v) is 8.03. The predicted octanol–water partition coefficient (Wildman–Crippen LogP) is 3.04.